The zero-order valence-electron chi connectivity index (χ0n) is 16.9. The van der Waals surface area contributed by atoms with Gasteiger partial charge in [0.25, 0.3) is 5.91 Å². The van der Waals surface area contributed by atoms with Crippen LogP contribution in [0.1, 0.15) is 41.6 Å². The van der Waals surface area contributed by atoms with Gasteiger partial charge in [0.1, 0.15) is 5.75 Å². The van der Waals surface area contributed by atoms with E-state index in [1.54, 1.807) is 0 Å². The van der Waals surface area contributed by atoms with E-state index in [1.807, 2.05) is 47.5 Å². The highest BCUT2D eigenvalue weighted by Gasteiger charge is 2.60. The molecule has 3 aromatic rings. The number of nitrogens with one attached hydrogen (secondary N) is 1. The predicted molar refractivity (Wildman–Crippen MR) is 123 cm³/mol. The fraction of sp³-hybridized carbons (Fsp3) is 0.200. The number of hydrogen-bond acceptors (Lipinski definition) is 4. The molecule has 2 unspecified atom stereocenters. The molecule has 0 bridgehead atoms. The van der Waals surface area contributed by atoms with Crippen LogP contribution in [0.15, 0.2) is 76.3 Å². The van der Waals surface area contributed by atoms with Crippen molar-refractivity contribution >= 4 is 33.2 Å². The number of hydrogen-bond donors (Lipinski definition) is 1. The number of carbonyl (C=O) groups excluding carboxylic acids is 1. The first-order valence-corrected chi connectivity index (χ1v) is 11.2. The van der Waals surface area contributed by atoms with Gasteiger partial charge < -0.3 is 10.1 Å². The van der Waals surface area contributed by atoms with Gasteiger partial charge in [-0.3, -0.25) is 4.79 Å². The maximum atomic E-state index is 13.5. The molecule has 0 saturated heterocycles. The zero-order valence-corrected chi connectivity index (χ0v) is 18.5. The third-order valence-corrected chi connectivity index (χ3v) is 6.89. The van der Waals surface area contributed by atoms with E-state index in [9.17, 15) is 4.79 Å². The minimum absolute atomic E-state index is 0.0782. The fourth-order valence-electron chi connectivity index (χ4n) is 4.77. The summed E-state index contributed by atoms with van der Waals surface area (Å²) in [5, 5.41) is 9.91. The first-order chi connectivity index (χ1) is 15.1. The summed E-state index contributed by atoms with van der Waals surface area (Å²) in [5.74, 6) is 0.539. The van der Waals surface area contributed by atoms with E-state index in [0.29, 0.717) is 6.42 Å². The minimum Gasteiger partial charge on any atom is -0.453 e. The number of benzene rings is 3. The molecule has 3 aliphatic heterocycles. The summed E-state index contributed by atoms with van der Waals surface area (Å²) >= 11 is 3.50. The number of halogens is 1. The van der Waals surface area contributed by atoms with Crippen LogP contribution in [0.25, 0.3) is 0 Å². The Balaban J connectivity index is 1.56. The van der Waals surface area contributed by atoms with E-state index in [-0.39, 0.29) is 11.9 Å². The lowest BCUT2D eigenvalue weighted by molar-refractivity contribution is -0.161. The molecule has 6 rings (SSSR count). The predicted octanol–water partition coefficient (Wildman–Crippen LogP) is 5.36. The lowest BCUT2D eigenvalue weighted by atomic mass is 9.91. The lowest BCUT2D eigenvalue weighted by Crippen LogP contribution is -2.55. The van der Waals surface area contributed by atoms with Crippen molar-refractivity contribution in [2.45, 2.75) is 31.5 Å². The van der Waals surface area contributed by atoms with Crippen LogP contribution in [0.4, 0.5) is 5.69 Å². The summed E-state index contributed by atoms with van der Waals surface area (Å²) in [6.07, 6.45) is 1.59. The lowest BCUT2D eigenvalue weighted by Gasteiger charge is -2.44. The van der Waals surface area contributed by atoms with Gasteiger partial charge >= 0.3 is 5.72 Å². The normalized spacial score (nSPS) is 23.0. The Kier molecular flexibility index (Phi) is 4.02. The SMILES string of the molecule is CCc1ccc2c(c1)C1(Oc3ccccc3C3CC(c4ccc(Br)cc4)=NN31)C(=O)N2. The van der Waals surface area contributed by atoms with Gasteiger partial charge in [-0.1, -0.05) is 59.3 Å². The van der Waals surface area contributed by atoms with Gasteiger partial charge in [-0.2, -0.15) is 5.10 Å². The third-order valence-electron chi connectivity index (χ3n) is 6.36. The number of anilines is 1. The molecule has 5 nitrogen and oxygen atoms in total. The highest BCUT2D eigenvalue weighted by atomic mass is 79.9. The molecule has 0 fully saturated rings. The standard InChI is InChI=1S/C25H20BrN3O2/c1-2-15-7-12-20-19(13-15)25(24(30)27-20)29-22(18-5-3-4-6-23(18)31-25)14-21(28-29)16-8-10-17(26)11-9-16/h3-13,22H,2,14H2,1H3,(H,27,30). The Labute approximate surface area is 188 Å². The number of carbonyl (C=O) groups is 1. The van der Waals surface area contributed by atoms with Crippen molar-refractivity contribution in [1.29, 1.82) is 0 Å². The molecule has 0 radical (unpaired) electrons. The number of hydrazone groups is 1. The van der Waals surface area contributed by atoms with Crippen LogP contribution in [-0.4, -0.2) is 16.6 Å². The molecule has 6 heteroatoms. The van der Waals surface area contributed by atoms with Crippen LogP contribution >= 0.6 is 15.9 Å². The topological polar surface area (TPSA) is 53.9 Å². The number of ether oxygens (including phenoxy) is 1. The Morgan fingerprint density at radius 2 is 1.97 bits per heavy atom. The number of fused-ring (bicyclic) bond motifs is 6. The molecule has 1 N–H and O–H groups in total. The average molecular weight is 474 g/mol. The molecule has 0 aliphatic carbocycles. The smallest absolute Gasteiger partial charge is 0.306 e. The van der Waals surface area contributed by atoms with Crippen molar-refractivity contribution in [2.24, 2.45) is 5.10 Å². The number of rotatable bonds is 2. The molecule has 0 saturated carbocycles. The zero-order chi connectivity index (χ0) is 21.2. The third kappa shape index (κ3) is 2.61. The molecule has 2 atom stereocenters. The van der Waals surface area contributed by atoms with Gasteiger partial charge in [0.05, 0.1) is 23.0 Å². The summed E-state index contributed by atoms with van der Waals surface area (Å²) in [6, 6.07) is 22.1. The molecular weight excluding hydrogens is 454 g/mol. The van der Waals surface area contributed by atoms with Gasteiger partial charge in [0.2, 0.25) is 0 Å². The molecule has 3 heterocycles. The van der Waals surface area contributed by atoms with Gasteiger partial charge in [0.15, 0.2) is 0 Å². The van der Waals surface area contributed by atoms with Gasteiger partial charge in [-0.15, -0.1) is 0 Å². The highest BCUT2D eigenvalue weighted by Crippen LogP contribution is 2.54. The minimum atomic E-state index is -1.31. The maximum Gasteiger partial charge on any atom is 0.306 e. The van der Waals surface area contributed by atoms with Crippen LogP contribution in [0.2, 0.25) is 0 Å². The molecule has 0 aromatic heterocycles. The first-order valence-electron chi connectivity index (χ1n) is 10.5. The number of amides is 1. The number of nitrogens with zero attached hydrogens (tertiary/aromatic N) is 2. The summed E-state index contributed by atoms with van der Waals surface area (Å²) in [4.78, 5) is 13.5. The van der Waals surface area contributed by atoms with Crippen molar-refractivity contribution in [2.75, 3.05) is 5.32 Å². The summed E-state index contributed by atoms with van der Waals surface area (Å²) in [7, 11) is 0. The van der Waals surface area contributed by atoms with Crippen LogP contribution in [0, 0.1) is 0 Å². The second-order valence-corrected chi connectivity index (χ2v) is 9.01. The highest BCUT2D eigenvalue weighted by molar-refractivity contribution is 9.10. The van der Waals surface area contributed by atoms with Crippen LogP contribution < -0.4 is 10.1 Å². The van der Waals surface area contributed by atoms with Crippen molar-refractivity contribution in [3.8, 4) is 5.75 Å². The average Bonchev–Trinajstić information content (AvgIpc) is 3.35. The Hall–Kier alpha value is -3.12. The Morgan fingerprint density at radius 3 is 2.77 bits per heavy atom. The van der Waals surface area contributed by atoms with Gasteiger partial charge in [0, 0.05) is 16.5 Å². The summed E-state index contributed by atoms with van der Waals surface area (Å²) in [6.45, 7) is 2.11. The fourth-order valence-corrected chi connectivity index (χ4v) is 5.04. The number of aryl methyl sites for hydroxylation is 1. The second kappa shape index (κ2) is 6.69. The van der Waals surface area contributed by atoms with E-state index < -0.39 is 5.72 Å². The largest absolute Gasteiger partial charge is 0.453 e. The molecular formula is C25H20BrN3O2. The quantitative estimate of drug-likeness (QED) is 0.544. The molecule has 1 spiro atoms. The summed E-state index contributed by atoms with van der Waals surface area (Å²) in [5.41, 5.74) is 4.51. The van der Waals surface area contributed by atoms with Crippen molar-refractivity contribution in [3.05, 3.63) is 93.5 Å². The Morgan fingerprint density at radius 1 is 1.16 bits per heavy atom. The van der Waals surface area contributed by atoms with Crippen LogP contribution in [-0.2, 0) is 16.9 Å². The summed E-state index contributed by atoms with van der Waals surface area (Å²) < 4.78 is 7.56. The van der Waals surface area contributed by atoms with Crippen LogP contribution in [0.3, 0.4) is 0 Å². The van der Waals surface area contributed by atoms with Gasteiger partial charge in [-0.05, 0) is 47.9 Å². The molecule has 1 amide bonds. The van der Waals surface area contributed by atoms with Crippen LogP contribution in [0.5, 0.6) is 5.75 Å². The Bertz CT molecular complexity index is 1250. The van der Waals surface area contributed by atoms with E-state index in [2.05, 4.69) is 52.4 Å². The van der Waals surface area contributed by atoms with Crippen molar-refractivity contribution in [3.63, 3.8) is 0 Å². The van der Waals surface area contributed by atoms with E-state index in [0.717, 1.165) is 50.3 Å². The van der Waals surface area contributed by atoms with Gasteiger partial charge in [-0.25, -0.2) is 5.01 Å². The number of para-hydroxylation sites is 1. The van der Waals surface area contributed by atoms with Crippen molar-refractivity contribution in [1.82, 2.24) is 5.01 Å². The maximum absolute atomic E-state index is 13.5. The van der Waals surface area contributed by atoms with Crippen molar-refractivity contribution < 1.29 is 9.53 Å². The van der Waals surface area contributed by atoms with E-state index in [4.69, 9.17) is 9.84 Å². The second-order valence-electron chi connectivity index (χ2n) is 8.09. The molecule has 31 heavy (non-hydrogen) atoms. The van der Waals surface area contributed by atoms with E-state index in [1.165, 1.54) is 0 Å². The van der Waals surface area contributed by atoms with E-state index >= 15 is 0 Å². The molecule has 3 aliphatic rings. The molecule has 154 valence electrons. The monoisotopic (exact) mass is 473 g/mol. The molecule has 3 aromatic carbocycles. The first kappa shape index (κ1) is 18.6.